The van der Waals surface area contributed by atoms with E-state index in [0.29, 0.717) is 16.8 Å². The van der Waals surface area contributed by atoms with Crippen LogP contribution in [0.1, 0.15) is 41.2 Å². The maximum absolute atomic E-state index is 13.0. The largest absolute Gasteiger partial charge is 0.322 e. The summed E-state index contributed by atoms with van der Waals surface area (Å²) in [4.78, 5) is 29.3. The third-order valence-electron chi connectivity index (χ3n) is 4.77. The smallest absolute Gasteiger partial charge is 0.248 e. The summed E-state index contributed by atoms with van der Waals surface area (Å²) in [6, 6.07) is 18.1. The van der Waals surface area contributed by atoms with Crippen LogP contribution in [0, 0.1) is 0 Å². The zero-order valence-corrected chi connectivity index (χ0v) is 17.8. The summed E-state index contributed by atoms with van der Waals surface area (Å²) in [5, 5.41) is 11.0. The van der Waals surface area contributed by atoms with Crippen molar-refractivity contribution in [2.45, 2.75) is 13.8 Å². The predicted octanol–water partition coefficient (Wildman–Crippen LogP) is 5.26. The number of rotatable bonds is 6. The zero-order chi connectivity index (χ0) is 22.5. The Balaban J connectivity index is 1.56. The Hall–Kier alpha value is -4.32. The number of fused-ring (bicyclic) bond motifs is 1. The number of allylic oxidation sites excluding steroid dienone is 1. The first-order valence-corrected chi connectivity index (χ1v) is 10.2. The maximum atomic E-state index is 13.0. The molecule has 0 saturated heterocycles. The quantitative estimate of drug-likeness (QED) is 0.328. The molecule has 2 heterocycles. The van der Waals surface area contributed by atoms with Crippen molar-refractivity contribution in [3.63, 3.8) is 0 Å². The summed E-state index contributed by atoms with van der Waals surface area (Å²) >= 11 is 0. The number of hydrogen-bond acceptors (Lipinski definition) is 4. The van der Waals surface area contributed by atoms with E-state index in [0.717, 1.165) is 27.9 Å². The van der Waals surface area contributed by atoms with E-state index in [1.807, 2.05) is 50.3 Å². The van der Waals surface area contributed by atoms with E-state index in [2.05, 4.69) is 20.5 Å². The van der Waals surface area contributed by atoms with E-state index in [-0.39, 0.29) is 11.7 Å². The number of nitrogens with zero attached hydrogens (tertiary/aromatic N) is 2. The molecular weight excluding hydrogens is 400 g/mol. The summed E-state index contributed by atoms with van der Waals surface area (Å²) in [6.07, 6.45) is 7.04. The normalized spacial score (nSPS) is 10.9. The molecule has 0 aliphatic heterocycles. The van der Waals surface area contributed by atoms with Crippen molar-refractivity contribution in [1.82, 2.24) is 15.2 Å². The van der Waals surface area contributed by atoms with Crippen LogP contribution < -0.4 is 5.32 Å². The van der Waals surface area contributed by atoms with Gasteiger partial charge in [0.05, 0.1) is 16.9 Å². The maximum Gasteiger partial charge on any atom is 0.248 e. The minimum atomic E-state index is -0.222. The van der Waals surface area contributed by atoms with Crippen LogP contribution in [0.25, 0.3) is 23.1 Å². The highest BCUT2D eigenvalue weighted by molar-refractivity contribution is 6.11. The number of H-pyrrole nitrogens is 1. The number of amides is 1. The van der Waals surface area contributed by atoms with Gasteiger partial charge in [-0.2, -0.15) is 5.10 Å². The van der Waals surface area contributed by atoms with Crippen molar-refractivity contribution in [2.75, 3.05) is 5.32 Å². The number of anilines is 1. The van der Waals surface area contributed by atoms with Crippen LogP contribution in [-0.2, 0) is 4.79 Å². The zero-order valence-electron chi connectivity index (χ0n) is 17.8. The van der Waals surface area contributed by atoms with Crippen molar-refractivity contribution in [3.05, 3.63) is 101 Å². The molecule has 4 aromatic rings. The number of aromatic amines is 1. The Morgan fingerprint density at radius 1 is 0.938 bits per heavy atom. The standard InChI is InChI=1S/C26H22N4O2/c1-17(2)14-25(31)28-21-8-5-6-18(15-21)26(32)19-9-11-22-23(29-30-24(22)16-19)12-10-20-7-3-4-13-27-20/h3-16H,1-2H3,(H,28,31)(H,29,30). The Morgan fingerprint density at radius 3 is 2.56 bits per heavy atom. The minimum absolute atomic E-state index is 0.134. The average molecular weight is 422 g/mol. The SMILES string of the molecule is CC(C)=CC(=O)Nc1cccc(C(=O)c2ccc3c(C=Cc4ccccn4)n[nH]c3c2)c1. The molecule has 0 fully saturated rings. The number of benzene rings is 2. The van der Waals surface area contributed by atoms with Crippen LogP contribution >= 0.6 is 0 Å². The Morgan fingerprint density at radius 2 is 1.78 bits per heavy atom. The van der Waals surface area contributed by atoms with Crippen molar-refractivity contribution in [1.29, 1.82) is 0 Å². The number of ketones is 1. The van der Waals surface area contributed by atoms with Gasteiger partial charge in [-0.3, -0.25) is 19.7 Å². The van der Waals surface area contributed by atoms with Crippen LogP contribution in [0.15, 0.2) is 78.5 Å². The molecule has 0 spiro atoms. The summed E-state index contributed by atoms with van der Waals surface area (Å²) in [6.45, 7) is 3.70. The van der Waals surface area contributed by atoms with E-state index in [1.165, 1.54) is 6.08 Å². The Labute approximate surface area is 185 Å². The molecule has 32 heavy (non-hydrogen) atoms. The van der Waals surface area contributed by atoms with Crippen LogP contribution in [0.2, 0.25) is 0 Å². The van der Waals surface area contributed by atoms with Crippen molar-refractivity contribution in [2.24, 2.45) is 0 Å². The summed E-state index contributed by atoms with van der Waals surface area (Å²) in [5.74, 6) is -0.356. The van der Waals surface area contributed by atoms with Gasteiger partial charge in [-0.05, 0) is 62.4 Å². The monoisotopic (exact) mass is 422 g/mol. The topological polar surface area (TPSA) is 87.7 Å². The number of hydrogen-bond donors (Lipinski definition) is 2. The molecule has 158 valence electrons. The number of nitrogens with one attached hydrogen (secondary N) is 2. The minimum Gasteiger partial charge on any atom is -0.322 e. The number of carbonyl (C=O) groups is 2. The van der Waals surface area contributed by atoms with E-state index in [4.69, 9.17) is 0 Å². The highest BCUT2D eigenvalue weighted by Gasteiger charge is 2.13. The molecule has 6 nitrogen and oxygen atoms in total. The fraction of sp³-hybridized carbons (Fsp3) is 0.0769. The van der Waals surface area contributed by atoms with Crippen LogP contribution in [-0.4, -0.2) is 26.9 Å². The second kappa shape index (κ2) is 9.22. The highest BCUT2D eigenvalue weighted by Crippen LogP contribution is 2.22. The molecule has 0 bridgehead atoms. The van der Waals surface area contributed by atoms with Gasteiger partial charge in [-0.1, -0.05) is 29.8 Å². The first kappa shape index (κ1) is 20.9. The molecule has 0 unspecified atom stereocenters. The van der Waals surface area contributed by atoms with Crippen molar-refractivity contribution < 1.29 is 9.59 Å². The van der Waals surface area contributed by atoms with Gasteiger partial charge in [-0.15, -0.1) is 0 Å². The van der Waals surface area contributed by atoms with Crippen LogP contribution in [0.3, 0.4) is 0 Å². The van der Waals surface area contributed by atoms with Gasteiger partial charge in [-0.25, -0.2) is 0 Å². The second-order valence-corrected chi connectivity index (χ2v) is 7.58. The molecule has 0 atom stereocenters. The number of pyridine rings is 1. The van der Waals surface area contributed by atoms with Gasteiger partial charge >= 0.3 is 0 Å². The van der Waals surface area contributed by atoms with Crippen molar-refractivity contribution in [3.8, 4) is 0 Å². The molecule has 2 N–H and O–H groups in total. The second-order valence-electron chi connectivity index (χ2n) is 7.58. The van der Waals surface area contributed by atoms with Gasteiger partial charge < -0.3 is 5.32 Å². The molecule has 0 aliphatic carbocycles. The summed E-state index contributed by atoms with van der Waals surface area (Å²) in [5.41, 5.74) is 4.88. The summed E-state index contributed by atoms with van der Waals surface area (Å²) < 4.78 is 0. The van der Waals surface area contributed by atoms with Crippen LogP contribution in [0.4, 0.5) is 5.69 Å². The lowest BCUT2D eigenvalue weighted by Gasteiger charge is -2.06. The van der Waals surface area contributed by atoms with Gasteiger partial charge in [0.2, 0.25) is 5.91 Å². The van der Waals surface area contributed by atoms with Gasteiger partial charge in [0, 0.05) is 34.5 Å². The lowest BCUT2D eigenvalue weighted by Crippen LogP contribution is -2.09. The van der Waals surface area contributed by atoms with Gasteiger partial charge in [0.1, 0.15) is 0 Å². The predicted molar refractivity (Wildman–Crippen MR) is 127 cm³/mol. The molecule has 4 rings (SSSR count). The third-order valence-corrected chi connectivity index (χ3v) is 4.77. The lowest BCUT2D eigenvalue weighted by molar-refractivity contribution is -0.111. The lowest BCUT2D eigenvalue weighted by atomic mass is 10.0. The van der Waals surface area contributed by atoms with E-state index >= 15 is 0 Å². The Kier molecular flexibility index (Phi) is 6.03. The third kappa shape index (κ3) is 4.87. The van der Waals surface area contributed by atoms with E-state index < -0.39 is 0 Å². The average Bonchev–Trinajstić information content (AvgIpc) is 3.19. The fourth-order valence-electron chi connectivity index (χ4n) is 3.29. The molecule has 1 amide bonds. The molecular formula is C26H22N4O2. The van der Waals surface area contributed by atoms with Gasteiger partial charge in [0.25, 0.3) is 0 Å². The van der Waals surface area contributed by atoms with E-state index in [9.17, 15) is 9.59 Å². The van der Waals surface area contributed by atoms with Crippen LogP contribution in [0.5, 0.6) is 0 Å². The molecule has 2 aromatic carbocycles. The number of aromatic nitrogens is 3. The highest BCUT2D eigenvalue weighted by atomic mass is 16.1. The molecule has 6 heteroatoms. The Bertz CT molecular complexity index is 1350. The van der Waals surface area contributed by atoms with E-state index in [1.54, 1.807) is 42.6 Å². The molecule has 0 aliphatic rings. The molecule has 0 saturated carbocycles. The molecule has 0 radical (unpaired) electrons. The first-order chi connectivity index (χ1) is 15.5. The van der Waals surface area contributed by atoms with Crippen molar-refractivity contribution >= 4 is 40.4 Å². The number of carbonyl (C=O) groups excluding carboxylic acids is 2. The van der Waals surface area contributed by atoms with Gasteiger partial charge in [0.15, 0.2) is 5.78 Å². The first-order valence-electron chi connectivity index (χ1n) is 10.2. The molecule has 2 aromatic heterocycles. The fourth-order valence-corrected chi connectivity index (χ4v) is 3.29. The summed E-state index contributed by atoms with van der Waals surface area (Å²) in [7, 11) is 0.